The first-order chi connectivity index (χ1) is 13.1. The highest BCUT2D eigenvalue weighted by Crippen LogP contribution is 2.31. The van der Waals surface area contributed by atoms with Crippen molar-refractivity contribution in [1.82, 2.24) is 0 Å². The number of anilines is 1. The highest BCUT2D eigenvalue weighted by Gasteiger charge is 2.20. The van der Waals surface area contributed by atoms with Crippen molar-refractivity contribution in [2.24, 2.45) is 0 Å². The molecule has 2 heterocycles. The molecule has 2 aromatic carbocycles. The summed E-state index contributed by atoms with van der Waals surface area (Å²) in [7, 11) is 0. The van der Waals surface area contributed by atoms with E-state index in [1.54, 1.807) is 12.1 Å². The first-order valence-corrected chi connectivity index (χ1v) is 9.33. The van der Waals surface area contributed by atoms with Gasteiger partial charge in [-0.15, -0.1) is 0 Å². The van der Waals surface area contributed by atoms with Gasteiger partial charge in [0.05, 0.1) is 11.1 Å². The number of carbonyl (C=O) groups is 1. The molecule has 1 aliphatic heterocycles. The van der Waals surface area contributed by atoms with Crippen LogP contribution >= 0.6 is 11.6 Å². The van der Waals surface area contributed by atoms with Gasteiger partial charge in [-0.25, -0.2) is 0 Å². The van der Waals surface area contributed by atoms with Crippen LogP contribution in [-0.2, 0) is 4.74 Å². The first-order valence-electron chi connectivity index (χ1n) is 8.95. The molecule has 0 saturated carbocycles. The summed E-state index contributed by atoms with van der Waals surface area (Å²) in [6.45, 7) is 3.15. The van der Waals surface area contributed by atoms with Crippen LogP contribution in [0.15, 0.2) is 46.9 Å². The number of benzene rings is 2. The number of hydrogen-bond donors (Lipinski definition) is 1. The van der Waals surface area contributed by atoms with E-state index < -0.39 is 0 Å². The molecule has 0 spiro atoms. The summed E-state index contributed by atoms with van der Waals surface area (Å²) in [6, 6.07) is 12.8. The van der Waals surface area contributed by atoms with Crippen molar-refractivity contribution < 1.29 is 18.7 Å². The molecule has 3 aromatic rings. The van der Waals surface area contributed by atoms with Gasteiger partial charge in [0.15, 0.2) is 11.3 Å². The Balaban J connectivity index is 1.49. The fraction of sp³-hybridized carbons (Fsp3) is 0.286. The quantitative estimate of drug-likeness (QED) is 0.655. The SMILES string of the molecule is Cc1c(C(=O)Nc2cccc(OC[C@H]3CCCO3)c2)oc2c(Cl)cccc12. The molecule has 1 amide bonds. The number of aryl methyl sites for hydroxylation is 1. The van der Waals surface area contributed by atoms with Gasteiger partial charge in [-0.05, 0) is 38.0 Å². The Bertz CT molecular complexity index is 975. The maximum atomic E-state index is 12.7. The lowest BCUT2D eigenvalue weighted by Gasteiger charge is -2.12. The number of ether oxygens (including phenoxy) is 2. The summed E-state index contributed by atoms with van der Waals surface area (Å²) < 4.78 is 17.1. The molecule has 5 nitrogen and oxygen atoms in total. The molecule has 1 N–H and O–H groups in total. The molecule has 0 radical (unpaired) electrons. The van der Waals surface area contributed by atoms with E-state index in [1.165, 1.54) is 0 Å². The van der Waals surface area contributed by atoms with E-state index in [2.05, 4.69) is 5.32 Å². The molecule has 1 aliphatic rings. The Morgan fingerprint density at radius 1 is 1.30 bits per heavy atom. The van der Waals surface area contributed by atoms with Gasteiger partial charge >= 0.3 is 0 Å². The molecular weight excluding hydrogens is 366 g/mol. The molecule has 1 atom stereocenters. The van der Waals surface area contributed by atoms with Gasteiger partial charge in [0.1, 0.15) is 12.4 Å². The minimum Gasteiger partial charge on any atom is -0.491 e. The normalized spacial score (nSPS) is 16.6. The topological polar surface area (TPSA) is 60.7 Å². The summed E-state index contributed by atoms with van der Waals surface area (Å²) in [5.41, 5.74) is 1.92. The number of rotatable bonds is 5. The summed E-state index contributed by atoms with van der Waals surface area (Å²) in [5.74, 6) is 0.618. The Morgan fingerprint density at radius 2 is 2.15 bits per heavy atom. The summed E-state index contributed by atoms with van der Waals surface area (Å²) >= 11 is 6.16. The zero-order chi connectivity index (χ0) is 18.8. The predicted octanol–water partition coefficient (Wildman–Crippen LogP) is 5.20. The third-order valence-electron chi connectivity index (χ3n) is 4.67. The molecule has 1 aromatic heterocycles. The fourth-order valence-corrected chi connectivity index (χ4v) is 3.46. The minimum atomic E-state index is -0.323. The average Bonchev–Trinajstić information content (AvgIpc) is 3.29. The number of amides is 1. The van der Waals surface area contributed by atoms with Gasteiger partial charge in [0, 0.05) is 29.3 Å². The van der Waals surface area contributed by atoms with Crippen molar-refractivity contribution >= 4 is 34.2 Å². The average molecular weight is 386 g/mol. The van der Waals surface area contributed by atoms with Crippen LogP contribution in [0.25, 0.3) is 11.0 Å². The molecule has 0 aliphatic carbocycles. The monoisotopic (exact) mass is 385 g/mol. The lowest BCUT2D eigenvalue weighted by Crippen LogP contribution is -2.16. The van der Waals surface area contributed by atoms with E-state index >= 15 is 0 Å². The highest BCUT2D eigenvalue weighted by atomic mass is 35.5. The van der Waals surface area contributed by atoms with Crippen LogP contribution in [0.4, 0.5) is 5.69 Å². The molecule has 140 valence electrons. The van der Waals surface area contributed by atoms with Gasteiger partial charge in [0.2, 0.25) is 0 Å². The second-order valence-electron chi connectivity index (χ2n) is 6.60. The van der Waals surface area contributed by atoms with Crippen LogP contribution in [0.1, 0.15) is 29.0 Å². The number of fused-ring (bicyclic) bond motifs is 1. The van der Waals surface area contributed by atoms with Crippen LogP contribution in [0.2, 0.25) is 5.02 Å². The van der Waals surface area contributed by atoms with E-state index in [9.17, 15) is 4.79 Å². The first kappa shape index (κ1) is 17.9. The molecule has 6 heteroatoms. The molecule has 1 fully saturated rings. The number of hydrogen-bond acceptors (Lipinski definition) is 4. The predicted molar refractivity (Wildman–Crippen MR) is 105 cm³/mol. The molecule has 0 unspecified atom stereocenters. The highest BCUT2D eigenvalue weighted by molar-refractivity contribution is 6.35. The van der Waals surface area contributed by atoms with Crippen LogP contribution < -0.4 is 10.1 Å². The molecular formula is C21H20ClNO4. The van der Waals surface area contributed by atoms with Crippen LogP contribution in [-0.4, -0.2) is 25.2 Å². The van der Waals surface area contributed by atoms with Crippen molar-refractivity contribution in [2.75, 3.05) is 18.5 Å². The maximum Gasteiger partial charge on any atom is 0.291 e. The standard InChI is InChI=1S/C21H20ClNO4/c1-13-17-8-3-9-18(22)20(17)27-19(13)21(24)23-14-5-2-6-15(11-14)26-12-16-7-4-10-25-16/h2-3,5-6,8-9,11,16H,4,7,10,12H2,1H3,(H,23,24)/t16-/m1/s1. The van der Waals surface area contributed by atoms with Crippen molar-refractivity contribution in [3.05, 3.63) is 58.8 Å². The largest absolute Gasteiger partial charge is 0.491 e. The number of para-hydroxylation sites is 1. The van der Waals surface area contributed by atoms with Crippen LogP contribution in [0.3, 0.4) is 0 Å². The number of halogens is 1. The van der Waals surface area contributed by atoms with Gasteiger partial charge in [-0.3, -0.25) is 4.79 Å². The van der Waals surface area contributed by atoms with E-state index in [1.807, 2.05) is 37.3 Å². The number of nitrogens with one attached hydrogen (secondary N) is 1. The second kappa shape index (κ2) is 7.62. The van der Waals surface area contributed by atoms with Gasteiger partial charge in [-0.2, -0.15) is 0 Å². The Labute approximate surface area is 162 Å². The molecule has 27 heavy (non-hydrogen) atoms. The lowest BCUT2D eigenvalue weighted by molar-refractivity contribution is 0.0679. The van der Waals surface area contributed by atoms with E-state index in [0.717, 1.165) is 30.4 Å². The van der Waals surface area contributed by atoms with Gasteiger partial charge in [-0.1, -0.05) is 29.8 Å². The minimum absolute atomic E-state index is 0.145. The lowest BCUT2D eigenvalue weighted by atomic mass is 10.1. The van der Waals surface area contributed by atoms with Gasteiger partial charge in [0.25, 0.3) is 5.91 Å². The van der Waals surface area contributed by atoms with Crippen LogP contribution in [0.5, 0.6) is 5.75 Å². The summed E-state index contributed by atoms with van der Waals surface area (Å²) in [6.07, 6.45) is 2.24. The van der Waals surface area contributed by atoms with Crippen molar-refractivity contribution in [2.45, 2.75) is 25.9 Å². The molecule has 0 bridgehead atoms. The second-order valence-corrected chi connectivity index (χ2v) is 7.01. The van der Waals surface area contributed by atoms with Gasteiger partial charge < -0.3 is 19.2 Å². The van der Waals surface area contributed by atoms with E-state index in [4.69, 9.17) is 25.5 Å². The van der Waals surface area contributed by atoms with Crippen molar-refractivity contribution in [3.63, 3.8) is 0 Å². The van der Waals surface area contributed by atoms with Crippen LogP contribution in [0, 0.1) is 6.92 Å². The fourth-order valence-electron chi connectivity index (χ4n) is 3.24. The van der Waals surface area contributed by atoms with E-state index in [-0.39, 0.29) is 17.8 Å². The summed E-state index contributed by atoms with van der Waals surface area (Å²) in [4.78, 5) is 12.7. The number of carbonyl (C=O) groups excluding carboxylic acids is 1. The Hall–Kier alpha value is -2.50. The smallest absolute Gasteiger partial charge is 0.291 e. The Morgan fingerprint density at radius 3 is 2.93 bits per heavy atom. The maximum absolute atomic E-state index is 12.7. The summed E-state index contributed by atoms with van der Waals surface area (Å²) in [5, 5.41) is 4.18. The zero-order valence-corrected chi connectivity index (χ0v) is 15.7. The Kier molecular flexibility index (Phi) is 5.05. The van der Waals surface area contributed by atoms with Crippen molar-refractivity contribution in [3.8, 4) is 5.75 Å². The molecule has 1 saturated heterocycles. The van der Waals surface area contributed by atoms with E-state index in [0.29, 0.717) is 28.6 Å². The third-order valence-corrected chi connectivity index (χ3v) is 4.97. The number of furan rings is 1. The molecule has 4 rings (SSSR count). The third kappa shape index (κ3) is 3.80. The zero-order valence-electron chi connectivity index (χ0n) is 15.0. The van der Waals surface area contributed by atoms with Crippen molar-refractivity contribution in [1.29, 1.82) is 0 Å².